The van der Waals surface area contributed by atoms with Crippen molar-refractivity contribution in [1.29, 1.82) is 0 Å². The molecule has 1 aromatic carbocycles. The number of hydrogen-bond acceptors (Lipinski definition) is 3. The molecule has 102 valence electrons. The monoisotopic (exact) mass is 288 g/mol. The fourth-order valence-electron chi connectivity index (χ4n) is 1.27. The average Bonchev–Trinajstić information content (AvgIpc) is 2.27. The van der Waals surface area contributed by atoms with Crippen LogP contribution in [0.25, 0.3) is 0 Å². The Morgan fingerprint density at radius 3 is 2.33 bits per heavy atom. The Hall–Kier alpha value is -0.710. The van der Waals surface area contributed by atoms with Gasteiger partial charge in [0, 0.05) is 5.69 Å². The highest BCUT2D eigenvalue weighted by Crippen LogP contribution is 2.13. The van der Waals surface area contributed by atoms with E-state index in [0.717, 1.165) is 17.9 Å². The van der Waals surface area contributed by atoms with Crippen molar-refractivity contribution in [1.82, 2.24) is 0 Å². The van der Waals surface area contributed by atoms with Crippen LogP contribution in [0.4, 0.5) is 5.69 Å². The van der Waals surface area contributed by atoms with Gasteiger partial charge in [-0.25, -0.2) is 0 Å². The number of anilines is 1. The minimum absolute atomic E-state index is 0. The Labute approximate surface area is 119 Å². The van der Waals surface area contributed by atoms with Crippen molar-refractivity contribution < 1.29 is 4.79 Å². The molecule has 5 heteroatoms. The van der Waals surface area contributed by atoms with Gasteiger partial charge >= 0.3 is 0 Å². The topological polar surface area (TPSA) is 55.1 Å². The summed E-state index contributed by atoms with van der Waals surface area (Å²) in [4.78, 5) is 11.7. The third-order valence-corrected chi connectivity index (χ3v) is 3.00. The maximum Gasteiger partial charge on any atom is 0.243 e. The lowest BCUT2D eigenvalue weighted by molar-refractivity contribution is -0.120. The van der Waals surface area contributed by atoms with Crippen LogP contribution in [-0.4, -0.2) is 23.5 Å². The molecule has 0 saturated carbocycles. The lowest BCUT2D eigenvalue weighted by Crippen LogP contribution is -2.45. The largest absolute Gasteiger partial charge is 0.325 e. The molecule has 0 atom stereocenters. The summed E-state index contributed by atoms with van der Waals surface area (Å²) in [5, 5.41) is 2.80. The number of rotatable bonds is 5. The minimum atomic E-state index is -0.850. The quantitative estimate of drug-likeness (QED) is 0.876. The second kappa shape index (κ2) is 7.67. The second-order valence-corrected chi connectivity index (χ2v) is 5.60. The molecule has 1 amide bonds. The first kappa shape index (κ1) is 17.3. The van der Waals surface area contributed by atoms with Crippen LogP contribution in [0, 0.1) is 0 Å². The molecule has 1 aromatic rings. The highest BCUT2D eigenvalue weighted by atomic mass is 35.5. The van der Waals surface area contributed by atoms with Crippen LogP contribution in [-0.2, 0) is 11.2 Å². The first-order chi connectivity index (χ1) is 7.93. The smallest absolute Gasteiger partial charge is 0.243 e. The molecule has 3 N–H and O–H groups in total. The van der Waals surface area contributed by atoms with Gasteiger partial charge < -0.3 is 11.1 Å². The average molecular weight is 289 g/mol. The van der Waals surface area contributed by atoms with Gasteiger partial charge in [0.05, 0.1) is 5.54 Å². The molecule has 0 aliphatic carbocycles. The third-order valence-electron chi connectivity index (χ3n) is 2.39. The van der Waals surface area contributed by atoms with Gasteiger partial charge in [-0.15, -0.1) is 12.4 Å². The van der Waals surface area contributed by atoms with Crippen molar-refractivity contribution in [2.24, 2.45) is 5.73 Å². The Kier molecular flexibility index (Phi) is 7.36. The summed E-state index contributed by atoms with van der Waals surface area (Å²) in [5.74, 6) is 0.941. The second-order valence-electron chi connectivity index (χ2n) is 4.62. The molecular formula is C13H21ClN2OS. The molecule has 0 bridgehead atoms. The van der Waals surface area contributed by atoms with Crippen LogP contribution in [0.15, 0.2) is 24.3 Å². The van der Waals surface area contributed by atoms with E-state index in [9.17, 15) is 4.79 Å². The van der Waals surface area contributed by atoms with Crippen LogP contribution >= 0.6 is 24.2 Å². The number of hydrogen-bond donors (Lipinski definition) is 2. The maximum absolute atomic E-state index is 11.7. The number of carbonyl (C=O) groups is 1. The van der Waals surface area contributed by atoms with Gasteiger partial charge in [-0.2, -0.15) is 11.8 Å². The van der Waals surface area contributed by atoms with Gasteiger partial charge in [0.2, 0.25) is 5.91 Å². The number of amides is 1. The van der Waals surface area contributed by atoms with Crippen LogP contribution in [0.2, 0.25) is 0 Å². The summed E-state index contributed by atoms with van der Waals surface area (Å²) in [5.41, 5.74) is 6.93. The predicted octanol–water partition coefficient (Wildman–Crippen LogP) is 2.69. The Balaban J connectivity index is 0.00000289. The summed E-state index contributed by atoms with van der Waals surface area (Å²) in [6, 6.07) is 7.91. The highest BCUT2D eigenvalue weighted by molar-refractivity contribution is 7.98. The van der Waals surface area contributed by atoms with Gasteiger partial charge in [0.15, 0.2) is 0 Å². The van der Waals surface area contributed by atoms with Crippen LogP contribution in [0.5, 0.6) is 0 Å². The molecule has 0 aliphatic rings. The molecule has 3 nitrogen and oxygen atoms in total. The summed E-state index contributed by atoms with van der Waals surface area (Å²) in [6.07, 6.45) is 3.15. The van der Waals surface area contributed by atoms with E-state index in [-0.39, 0.29) is 18.3 Å². The molecule has 0 aromatic heterocycles. The molecule has 0 radical (unpaired) electrons. The normalized spacial score (nSPS) is 10.7. The van der Waals surface area contributed by atoms with E-state index in [2.05, 4.69) is 11.6 Å². The predicted molar refractivity (Wildman–Crippen MR) is 82.7 cm³/mol. The summed E-state index contributed by atoms with van der Waals surface area (Å²) >= 11 is 1.83. The molecule has 0 saturated heterocycles. The molecule has 0 spiro atoms. The van der Waals surface area contributed by atoms with Gasteiger partial charge in [-0.1, -0.05) is 12.1 Å². The third kappa shape index (κ3) is 5.76. The van der Waals surface area contributed by atoms with Crippen molar-refractivity contribution in [2.45, 2.75) is 25.8 Å². The van der Waals surface area contributed by atoms with Crippen molar-refractivity contribution in [2.75, 3.05) is 17.3 Å². The zero-order valence-electron chi connectivity index (χ0n) is 11.0. The lowest BCUT2D eigenvalue weighted by Gasteiger charge is -2.17. The lowest BCUT2D eigenvalue weighted by atomic mass is 10.1. The van der Waals surface area contributed by atoms with E-state index in [0.29, 0.717) is 0 Å². The molecular weight excluding hydrogens is 268 g/mol. The maximum atomic E-state index is 11.7. The van der Waals surface area contributed by atoms with Gasteiger partial charge in [0.1, 0.15) is 0 Å². The first-order valence-electron chi connectivity index (χ1n) is 5.61. The molecule has 18 heavy (non-hydrogen) atoms. The molecule has 0 unspecified atom stereocenters. The zero-order chi connectivity index (χ0) is 12.9. The van der Waals surface area contributed by atoms with Crippen LogP contribution < -0.4 is 11.1 Å². The van der Waals surface area contributed by atoms with E-state index >= 15 is 0 Å². The van der Waals surface area contributed by atoms with E-state index in [1.165, 1.54) is 5.56 Å². The van der Waals surface area contributed by atoms with Crippen LogP contribution in [0.3, 0.4) is 0 Å². The molecule has 0 fully saturated rings. The van der Waals surface area contributed by atoms with E-state index in [1.807, 2.05) is 36.0 Å². The van der Waals surface area contributed by atoms with Crippen molar-refractivity contribution >= 4 is 35.8 Å². The number of thioether (sulfide) groups is 1. The van der Waals surface area contributed by atoms with Gasteiger partial charge in [-0.05, 0) is 50.0 Å². The molecule has 0 heterocycles. The van der Waals surface area contributed by atoms with E-state index < -0.39 is 5.54 Å². The van der Waals surface area contributed by atoms with Gasteiger partial charge in [-0.3, -0.25) is 4.79 Å². The molecule has 0 aliphatic heterocycles. The van der Waals surface area contributed by atoms with Crippen molar-refractivity contribution in [3.05, 3.63) is 29.8 Å². The van der Waals surface area contributed by atoms with Gasteiger partial charge in [0.25, 0.3) is 0 Å². The summed E-state index contributed by atoms with van der Waals surface area (Å²) in [7, 11) is 0. The standard InChI is InChI=1S/C13H20N2OS.ClH/c1-13(2,14)12(16)15-11-6-4-10(5-7-11)8-9-17-3;/h4-7H,8-9,14H2,1-3H3,(H,15,16);1H. The summed E-state index contributed by atoms with van der Waals surface area (Å²) < 4.78 is 0. The fraction of sp³-hybridized carbons (Fsp3) is 0.462. The first-order valence-corrected chi connectivity index (χ1v) is 7.01. The van der Waals surface area contributed by atoms with E-state index in [1.54, 1.807) is 13.8 Å². The van der Waals surface area contributed by atoms with E-state index in [4.69, 9.17) is 5.73 Å². The SMILES string of the molecule is CSCCc1ccc(NC(=O)C(C)(C)N)cc1.Cl. The number of carbonyl (C=O) groups excluding carboxylic acids is 1. The number of aryl methyl sites for hydroxylation is 1. The Morgan fingerprint density at radius 1 is 1.33 bits per heavy atom. The Bertz CT molecular complexity index is 374. The Morgan fingerprint density at radius 2 is 1.89 bits per heavy atom. The van der Waals surface area contributed by atoms with Crippen LogP contribution in [0.1, 0.15) is 19.4 Å². The number of nitrogens with one attached hydrogen (secondary N) is 1. The fourth-order valence-corrected chi connectivity index (χ4v) is 1.71. The zero-order valence-corrected chi connectivity index (χ0v) is 12.7. The highest BCUT2D eigenvalue weighted by Gasteiger charge is 2.21. The minimum Gasteiger partial charge on any atom is -0.325 e. The van der Waals surface area contributed by atoms with Crippen molar-refractivity contribution in [3.63, 3.8) is 0 Å². The number of nitrogens with two attached hydrogens (primary N) is 1. The van der Waals surface area contributed by atoms with Crippen molar-refractivity contribution in [3.8, 4) is 0 Å². The summed E-state index contributed by atoms with van der Waals surface area (Å²) in [6.45, 7) is 3.38. The number of halogens is 1. The number of benzene rings is 1. The molecule has 1 rings (SSSR count).